The molecular formula is C2H6ISn. The van der Waals surface area contributed by atoms with Crippen molar-refractivity contribution in [3.8, 4) is 0 Å². The Kier molecular flexibility index (Phi) is 3.80. The van der Waals surface area contributed by atoms with Crippen LogP contribution in [-0.4, -0.2) is 15.8 Å². The van der Waals surface area contributed by atoms with E-state index >= 15 is 0 Å². The molecule has 0 nitrogen and oxygen atoms in total. The Morgan fingerprint density at radius 3 is 1.50 bits per heavy atom. The molecule has 0 aromatic rings. The van der Waals surface area contributed by atoms with E-state index in [0.29, 0.717) is 0 Å². The number of hydrogen-bond donors (Lipinski definition) is 0. The number of halogens is 1. The Balaban J connectivity index is 2.32. The van der Waals surface area contributed by atoms with Crippen LogP contribution in [0, 0.1) is 0 Å². The van der Waals surface area contributed by atoms with Crippen molar-refractivity contribution < 1.29 is 0 Å². The molecule has 0 atom stereocenters. The molecule has 0 saturated heterocycles. The summed E-state index contributed by atoms with van der Waals surface area (Å²) in [6.45, 7) is 0. The monoisotopic (exact) mass is 277 g/mol. The van der Waals surface area contributed by atoms with Gasteiger partial charge in [-0.3, -0.25) is 0 Å². The molecule has 0 aliphatic heterocycles. The summed E-state index contributed by atoms with van der Waals surface area (Å²) in [5.41, 5.74) is 0. The van der Waals surface area contributed by atoms with Gasteiger partial charge in [-0.15, -0.1) is 0 Å². The summed E-state index contributed by atoms with van der Waals surface area (Å²) in [6.07, 6.45) is 0. The average molecular weight is 276 g/mol. The van der Waals surface area contributed by atoms with Gasteiger partial charge in [0.15, 0.2) is 0 Å². The molecule has 0 spiro atoms. The first-order valence-corrected chi connectivity index (χ1v) is 15.2. The molecular weight excluding hydrogens is 270 g/mol. The second kappa shape index (κ2) is 2.75. The van der Waals surface area contributed by atoms with E-state index in [1.807, 2.05) is 0 Å². The summed E-state index contributed by atoms with van der Waals surface area (Å²) in [5.74, 6) is 0. The van der Waals surface area contributed by atoms with Crippen LogP contribution in [0.5, 0.6) is 0 Å². The average Bonchev–Trinajstić information content (AvgIpc) is 0.811. The molecule has 0 rings (SSSR count). The topological polar surface area (TPSA) is 0 Å². The van der Waals surface area contributed by atoms with Crippen molar-refractivity contribution in [3.63, 3.8) is 0 Å². The number of hydrogen-bond acceptors (Lipinski definition) is 0. The zero-order valence-corrected chi connectivity index (χ0v) is 7.89. The third-order valence-electron chi connectivity index (χ3n) is 0. The predicted octanol–water partition coefficient (Wildman–Crippen LogP) is 1.67. The van der Waals surface area contributed by atoms with E-state index in [9.17, 15) is 0 Å². The van der Waals surface area contributed by atoms with Gasteiger partial charge in [0.1, 0.15) is 0 Å². The van der Waals surface area contributed by atoms with E-state index in [1.165, 1.54) is 0 Å². The van der Waals surface area contributed by atoms with Gasteiger partial charge in [-0.1, -0.05) is 0 Å². The molecule has 0 heterocycles. The second-order valence-electron chi connectivity index (χ2n) is 0.878. The van der Waals surface area contributed by atoms with Crippen molar-refractivity contribution in [1.82, 2.24) is 0 Å². The molecule has 4 heavy (non-hydrogen) atoms. The van der Waals surface area contributed by atoms with Crippen molar-refractivity contribution in [2.75, 3.05) is 0 Å². The van der Waals surface area contributed by atoms with Crippen LogP contribution in [0.2, 0.25) is 9.88 Å². The molecule has 0 saturated carbocycles. The van der Waals surface area contributed by atoms with Crippen LogP contribution in [0.4, 0.5) is 0 Å². The summed E-state index contributed by atoms with van der Waals surface area (Å²) in [5, 5.41) is 0. The van der Waals surface area contributed by atoms with Crippen molar-refractivity contribution >= 4 is 34.4 Å². The summed E-state index contributed by atoms with van der Waals surface area (Å²) in [7, 11) is 0. The van der Waals surface area contributed by atoms with Crippen LogP contribution < -0.4 is 0 Å². The molecule has 0 aromatic heterocycles. The zero-order valence-electron chi connectivity index (χ0n) is 2.88. The minimum absolute atomic E-state index is 0.573. The van der Waals surface area contributed by atoms with Crippen LogP contribution in [0.3, 0.4) is 0 Å². The van der Waals surface area contributed by atoms with Crippen molar-refractivity contribution in [2.45, 2.75) is 9.88 Å². The predicted molar refractivity (Wildman–Crippen MR) is 31.5 cm³/mol. The summed E-state index contributed by atoms with van der Waals surface area (Å²) in [6, 6.07) is 0. The molecule has 0 aromatic carbocycles. The Bertz CT molecular complexity index is 10.8. The summed E-state index contributed by atoms with van der Waals surface area (Å²) in [4.78, 5) is 4.70. The van der Waals surface area contributed by atoms with E-state index in [-0.39, 0.29) is 0 Å². The minimum atomic E-state index is -0.573. The first-order valence-electron chi connectivity index (χ1n) is 1.19. The fourth-order valence-electron chi connectivity index (χ4n) is 0. The van der Waals surface area contributed by atoms with Gasteiger partial charge >= 0.3 is 44.3 Å². The van der Waals surface area contributed by atoms with E-state index in [2.05, 4.69) is 28.5 Å². The fraction of sp³-hybridized carbons (Fsp3) is 1.00. The Hall–Kier alpha value is 1.53. The van der Waals surface area contributed by atoms with Gasteiger partial charge in [-0.05, 0) is 0 Å². The first kappa shape index (κ1) is 5.53. The van der Waals surface area contributed by atoms with Gasteiger partial charge in [0.2, 0.25) is 0 Å². The summed E-state index contributed by atoms with van der Waals surface area (Å²) < 4.78 is 0. The van der Waals surface area contributed by atoms with Crippen LogP contribution in [0.25, 0.3) is 0 Å². The normalized spacial score (nSPS) is 9.00. The van der Waals surface area contributed by atoms with Crippen molar-refractivity contribution in [2.24, 2.45) is 0 Å². The molecule has 0 unspecified atom stereocenters. The standard InChI is InChI=1S/2CH3.HI.Sn/h2*1H3;1H;/q;;;+1/p-1. The molecule has 0 aliphatic carbocycles. The van der Waals surface area contributed by atoms with Gasteiger partial charge in [0, 0.05) is 0 Å². The molecule has 2 heteroatoms. The second-order valence-corrected chi connectivity index (χ2v) is 20.4. The third-order valence-corrected chi connectivity index (χ3v) is 0. The maximum absolute atomic E-state index is 2.54. The van der Waals surface area contributed by atoms with Gasteiger partial charge in [0.25, 0.3) is 0 Å². The molecule has 0 aliphatic rings. The zero-order chi connectivity index (χ0) is 3.58. The number of rotatable bonds is 0. The van der Waals surface area contributed by atoms with Crippen molar-refractivity contribution in [1.29, 1.82) is 0 Å². The molecule has 0 amide bonds. The molecule has 1 radical (unpaired) electrons. The van der Waals surface area contributed by atoms with Crippen LogP contribution in [0.15, 0.2) is 0 Å². The fourth-order valence-corrected chi connectivity index (χ4v) is 0. The molecule has 25 valence electrons. The van der Waals surface area contributed by atoms with E-state index in [4.69, 9.17) is 0 Å². The quantitative estimate of drug-likeness (QED) is 0.466. The van der Waals surface area contributed by atoms with Gasteiger partial charge in [0.05, 0.1) is 0 Å². The van der Waals surface area contributed by atoms with Crippen molar-refractivity contribution in [3.05, 3.63) is 0 Å². The summed E-state index contributed by atoms with van der Waals surface area (Å²) >= 11 is 1.97. The Labute approximate surface area is 43.9 Å². The SMILES string of the molecule is [CH3][Sn]([CH3])[I]. The molecule has 0 fully saturated rings. The maximum atomic E-state index is 2.54. The Morgan fingerprint density at radius 2 is 1.50 bits per heavy atom. The van der Waals surface area contributed by atoms with Gasteiger partial charge < -0.3 is 0 Å². The third kappa shape index (κ3) is 9.66. The van der Waals surface area contributed by atoms with E-state index in [0.717, 1.165) is 0 Å². The molecule has 0 bridgehead atoms. The van der Waals surface area contributed by atoms with E-state index in [1.54, 1.807) is 0 Å². The first-order chi connectivity index (χ1) is 1.73. The van der Waals surface area contributed by atoms with Gasteiger partial charge in [-0.2, -0.15) is 0 Å². The van der Waals surface area contributed by atoms with E-state index < -0.39 is 15.8 Å². The van der Waals surface area contributed by atoms with Crippen LogP contribution in [-0.2, 0) is 0 Å². The van der Waals surface area contributed by atoms with Crippen LogP contribution in [0.1, 0.15) is 0 Å². The van der Waals surface area contributed by atoms with Crippen LogP contribution >= 0.6 is 18.6 Å². The Morgan fingerprint density at radius 1 is 1.50 bits per heavy atom. The van der Waals surface area contributed by atoms with Gasteiger partial charge in [-0.25, -0.2) is 0 Å². The molecule has 0 N–H and O–H groups in total.